The Labute approximate surface area is 141 Å². The van der Waals surface area contributed by atoms with Crippen molar-refractivity contribution in [1.82, 2.24) is 15.2 Å². The first kappa shape index (κ1) is 17.7. The number of aromatic nitrogens is 1. The fourth-order valence-corrected chi connectivity index (χ4v) is 2.17. The molecule has 2 atom stereocenters. The Kier molecular flexibility index (Phi) is 6.12. The average molecular weight is 331 g/mol. The average Bonchev–Trinajstić information content (AvgIpc) is 2.59. The van der Waals surface area contributed by atoms with Gasteiger partial charge in [0.15, 0.2) is 0 Å². The lowest BCUT2D eigenvalue weighted by Crippen LogP contribution is -2.42. The lowest BCUT2D eigenvalue weighted by Gasteiger charge is -2.25. The molecule has 2 rings (SSSR count). The van der Waals surface area contributed by atoms with E-state index in [-0.39, 0.29) is 24.0 Å². The van der Waals surface area contributed by atoms with Gasteiger partial charge in [-0.3, -0.25) is 4.98 Å². The quantitative estimate of drug-likeness (QED) is 0.883. The Bertz CT molecular complexity index is 666. The summed E-state index contributed by atoms with van der Waals surface area (Å²) in [5.41, 5.74) is 0.819. The summed E-state index contributed by atoms with van der Waals surface area (Å²) in [6.07, 6.45) is 1.42. The summed E-state index contributed by atoms with van der Waals surface area (Å²) in [5.74, 6) is 0.0830. The highest BCUT2D eigenvalue weighted by Crippen LogP contribution is 2.16. The van der Waals surface area contributed by atoms with E-state index in [0.29, 0.717) is 12.3 Å². The van der Waals surface area contributed by atoms with Crippen LogP contribution in [0.2, 0.25) is 0 Å². The number of halogens is 1. The molecule has 0 spiro atoms. The van der Waals surface area contributed by atoms with Crippen molar-refractivity contribution < 1.29 is 13.9 Å². The molecule has 1 aromatic carbocycles. The monoisotopic (exact) mass is 331 g/mol. The molecule has 1 aromatic heterocycles. The summed E-state index contributed by atoms with van der Waals surface area (Å²) < 4.78 is 18.7. The molecule has 0 bridgehead atoms. The molecule has 1 N–H and O–H groups in total. The zero-order valence-corrected chi connectivity index (χ0v) is 14.1. The second-order valence-electron chi connectivity index (χ2n) is 5.61. The first-order valence-electron chi connectivity index (χ1n) is 7.81. The first-order chi connectivity index (χ1) is 11.5. The number of carbonyl (C=O) groups is 1. The van der Waals surface area contributed by atoms with E-state index in [1.807, 2.05) is 32.0 Å². The van der Waals surface area contributed by atoms with Crippen LogP contribution in [0.4, 0.5) is 9.18 Å². The Morgan fingerprint density at radius 1 is 1.29 bits per heavy atom. The molecule has 6 heteroatoms. The SMILES string of the molecule is C[C@H](c1ccccn1)N(C)C(=O)NC[C@H](C)Oc1cccc(F)c1. The van der Waals surface area contributed by atoms with Crippen molar-refractivity contribution in [2.24, 2.45) is 0 Å². The van der Waals surface area contributed by atoms with E-state index in [0.717, 1.165) is 5.69 Å². The minimum absolute atomic E-state index is 0.148. The van der Waals surface area contributed by atoms with Gasteiger partial charge < -0.3 is 15.0 Å². The molecule has 2 aromatic rings. The van der Waals surface area contributed by atoms with E-state index in [1.54, 1.807) is 30.3 Å². The highest BCUT2D eigenvalue weighted by atomic mass is 19.1. The molecular formula is C18H22FN3O2. The summed E-state index contributed by atoms with van der Waals surface area (Å²) in [7, 11) is 1.72. The van der Waals surface area contributed by atoms with E-state index in [9.17, 15) is 9.18 Å². The fraction of sp³-hybridized carbons (Fsp3) is 0.333. The number of hydrogen-bond acceptors (Lipinski definition) is 3. The number of benzene rings is 1. The molecule has 1 heterocycles. The third-order valence-corrected chi connectivity index (χ3v) is 3.69. The van der Waals surface area contributed by atoms with Gasteiger partial charge in [-0.2, -0.15) is 0 Å². The summed E-state index contributed by atoms with van der Waals surface area (Å²) in [6, 6.07) is 11.2. The number of hydrogen-bond donors (Lipinski definition) is 1. The Balaban J connectivity index is 1.83. The number of rotatable bonds is 6. The standard InChI is InChI=1S/C18H22FN3O2/c1-13(24-16-8-6-7-15(19)11-16)12-21-18(23)22(3)14(2)17-9-4-5-10-20-17/h4-11,13-14H,12H2,1-3H3,(H,21,23)/t13-,14+/m0/s1. The van der Waals surface area contributed by atoms with Crippen LogP contribution in [-0.2, 0) is 0 Å². The van der Waals surface area contributed by atoms with Crippen molar-refractivity contribution in [2.75, 3.05) is 13.6 Å². The number of carbonyl (C=O) groups excluding carboxylic acids is 1. The molecule has 0 unspecified atom stereocenters. The summed E-state index contributed by atoms with van der Waals surface area (Å²) in [4.78, 5) is 18.1. The van der Waals surface area contributed by atoms with Crippen molar-refractivity contribution in [3.63, 3.8) is 0 Å². The minimum atomic E-state index is -0.354. The number of nitrogens with zero attached hydrogens (tertiary/aromatic N) is 2. The van der Waals surface area contributed by atoms with Crippen LogP contribution in [0, 0.1) is 5.82 Å². The van der Waals surface area contributed by atoms with Crippen LogP contribution in [-0.4, -0.2) is 35.6 Å². The van der Waals surface area contributed by atoms with Crippen LogP contribution in [0.5, 0.6) is 5.75 Å². The number of urea groups is 1. The van der Waals surface area contributed by atoms with Crippen molar-refractivity contribution in [3.8, 4) is 5.75 Å². The van der Waals surface area contributed by atoms with Crippen molar-refractivity contribution in [3.05, 3.63) is 60.2 Å². The van der Waals surface area contributed by atoms with Gasteiger partial charge in [-0.15, -0.1) is 0 Å². The van der Waals surface area contributed by atoms with E-state index < -0.39 is 0 Å². The van der Waals surface area contributed by atoms with Gasteiger partial charge in [0.2, 0.25) is 0 Å². The molecular weight excluding hydrogens is 309 g/mol. The maximum Gasteiger partial charge on any atom is 0.317 e. The second-order valence-corrected chi connectivity index (χ2v) is 5.61. The molecule has 128 valence electrons. The van der Waals surface area contributed by atoms with Gasteiger partial charge in [0.05, 0.1) is 18.3 Å². The molecule has 2 amide bonds. The third kappa shape index (κ3) is 4.94. The van der Waals surface area contributed by atoms with Gasteiger partial charge in [-0.25, -0.2) is 9.18 Å². The van der Waals surface area contributed by atoms with Gasteiger partial charge in [0.25, 0.3) is 0 Å². The van der Waals surface area contributed by atoms with Crippen LogP contribution in [0.15, 0.2) is 48.7 Å². The molecule has 0 saturated heterocycles. The number of ether oxygens (including phenoxy) is 1. The molecule has 5 nitrogen and oxygen atoms in total. The zero-order chi connectivity index (χ0) is 17.5. The maximum absolute atomic E-state index is 13.1. The van der Waals surface area contributed by atoms with E-state index in [1.165, 1.54) is 12.1 Å². The fourth-order valence-electron chi connectivity index (χ4n) is 2.17. The van der Waals surface area contributed by atoms with Crippen molar-refractivity contribution in [2.45, 2.75) is 26.0 Å². The topological polar surface area (TPSA) is 54.5 Å². The lowest BCUT2D eigenvalue weighted by molar-refractivity contribution is 0.179. The zero-order valence-electron chi connectivity index (χ0n) is 14.1. The number of nitrogens with one attached hydrogen (secondary N) is 1. The second kappa shape index (κ2) is 8.29. The Morgan fingerprint density at radius 3 is 2.75 bits per heavy atom. The predicted octanol–water partition coefficient (Wildman–Crippen LogP) is 3.39. The van der Waals surface area contributed by atoms with Gasteiger partial charge >= 0.3 is 6.03 Å². The lowest BCUT2D eigenvalue weighted by atomic mass is 10.2. The van der Waals surface area contributed by atoms with E-state index in [2.05, 4.69) is 10.3 Å². The van der Waals surface area contributed by atoms with E-state index in [4.69, 9.17) is 4.74 Å². The van der Waals surface area contributed by atoms with Crippen LogP contribution < -0.4 is 10.1 Å². The predicted molar refractivity (Wildman–Crippen MR) is 90.3 cm³/mol. The highest BCUT2D eigenvalue weighted by molar-refractivity contribution is 5.74. The summed E-state index contributed by atoms with van der Waals surface area (Å²) >= 11 is 0. The molecule has 0 radical (unpaired) electrons. The molecule has 0 aliphatic carbocycles. The van der Waals surface area contributed by atoms with Crippen LogP contribution in [0.3, 0.4) is 0 Å². The normalized spacial score (nSPS) is 13.0. The maximum atomic E-state index is 13.1. The molecule has 0 aliphatic rings. The minimum Gasteiger partial charge on any atom is -0.489 e. The largest absolute Gasteiger partial charge is 0.489 e. The molecule has 0 aliphatic heterocycles. The molecule has 0 saturated carbocycles. The van der Waals surface area contributed by atoms with Crippen molar-refractivity contribution >= 4 is 6.03 Å². The number of pyridine rings is 1. The summed E-state index contributed by atoms with van der Waals surface area (Å²) in [6.45, 7) is 4.04. The number of amides is 2. The van der Waals surface area contributed by atoms with Crippen LogP contribution >= 0.6 is 0 Å². The van der Waals surface area contributed by atoms with Gasteiger partial charge in [0, 0.05) is 19.3 Å². The van der Waals surface area contributed by atoms with Gasteiger partial charge in [0.1, 0.15) is 17.7 Å². The first-order valence-corrected chi connectivity index (χ1v) is 7.81. The Morgan fingerprint density at radius 2 is 2.08 bits per heavy atom. The van der Waals surface area contributed by atoms with Crippen LogP contribution in [0.1, 0.15) is 25.6 Å². The summed E-state index contributed by atoms with van der Waals surface area (Å²) in [5, 5.41) is 2.81. The van der Waals surface area contributed by atoms with Crippen LogP contribution in [0.25, 0.3) is 0 Å². The van der Waals surface area contributed by atoms with Gasteiger partial charge in [-0.1, -0.05) is 12.1 Å². The third-order valence-electron chi connectivity index (χ3n) is 3.69. The molecule has 24 heavy (non-hydrogen) atoms. The Hall–Kier alpha value is -2.63. The molecule has 0 fully saturated rings. The van der Waals surface area contributed by atoms with Gasteiger partial charge in [-0.05, 0) is 38.1 Å². The van der Waals surface area contributed by atoms with E-state index >= 15 is 0 Å². The van der Waals surface area contributed by atoms with Crippen molar-refractivity contribution in [1.29, 1.82) is 0 Å². The highest BCUT2D eigenvalue weighted by Gasteiger charge is 2.18. The smallest absolute Gasteiger partial charge is 0.317 e.